The van der Waals surface area contributed by atoms with Gasteiger partial charge in [-0.25, -0.2) is 0 Å². The third-order valence-electron chi connectivity index (χ3n) is 2.28. The van der Waals surface area contributed by atoms with Gasteiger partial charge in [0.05, 0.1) is 0 Å². The van der Waals surface area contributed by atoms with Crippen molar-refractivity contribution in [3.8, 4) is 0 Å². The quantitative estimate of drug-likeness (QED) is 0.586. The van der Waals surface area contributed by atoms with Crippen LogP contribution in [-0.2, 0) is 0 Å². The molecule has 0 bridgehead atoms. The Labute approximate surface area is 82.2 Å². The highest BCUT2D eigenvalue weighted by molar-refractivity contribution is 5.53. The van der Waals surface area contributed by atoms with Crippen LogP contribution in [0, 0.1) is 0 Å². The van der Waals surface area contributed by atoms with Crippen LogP contribution in [0.25, 0.3) is 0 Å². The third-order valence-corrected chi connectivity index (χ3v) is 2.28. The largest absolute Gasteiger partial charge is 0.298 e. The molecule has 0 atom stereocenters. The van der Waals surface area contributed by atoms with Crippen molar-refractivity contribution in [2.45, 2.75) is 58.5 Å². The first-order valence-corrected chi connectivity index (χ1v) is 5.30. The lowest BCUT2D eigenvalue weighted by Gasteiger charge is -2.22. The van der Waals surface area contributed by atoms with Crippen LogP contribution in [-0.4, -0.2) is 25.0 Å². The second-order valence-corrected chi connectivity index (χ2v) is 3.05. The molecule has 0 N–H and O–H groups in total. The van der Waals surface area contributed by atoms with E-state index >= 15 is 0 Å². The van der Waals surface area contributed by atoms with Gasteiger partial charge >= 0.3 is 0 Å². The molecule has 0 amide bonds. The Morgan fingerprint density at radius 2 is 1.54 bits per heavy atom. The lowest BCUT2D eigenvalue weighted by Crippen LogP contribution is -2.19. The van der Waals surface area contributed by atoms with E-state index in [-0.39, 0.29) is 0 Å². The van der Waals surface area contributed by atoms with E-state index in [1.807, 2.05) is 27.0 Å². The van der Waals surface area contributed by atoms with Crippen LogP contribution in [0.1, 0.15) is 46.5 Å². The molecule has 0 radical (unpaired) electrons. The Morgan fingerprint density at radius 3 is 1.92 bits per heavy atom. The molecule has 0 heterocycles. The first-order valence-electron chi connectivity index (χ1n) is 5.30. The van der Waals surface area contributed by atoms with Gasteiger partial charge in [0.15, 0.2) is 0 Å². The maximum absolute atomic E-state index is 4.37. The van der Waals surface area contributed by atoms with Crippen molar-refractivity contribution in [3.05, 3.63) is 0 Å². The second-order valence-electron chi connectivity index (χ2n) is 3.05. The fourth-order valence-electron chi connectivity index (χ4n) is 1.60. The van der Waals surface area contributed by atoms with E-state index in [1.165, 1.54) is 25.7 Å². The van der Waals surface area contributed by atoms with Crippen molar-refractivity contribution in [1.82, 2.24) is 0 Å². The zero-order valence-corrected chi connectivity index (χ0v) is 9.16. The predicted octanol–water partition coefficient (Wildman–Crippen LogP) is 3.12. The van der Waals surface area contributed by atoms with Crippen LogP contribution in [0.4, 0.5) is 0 Å². The smallest absolute Gasteiger partial charge is 0.0497 e. The number of rotatable bonds is 2. The van der Waals surface area contributed by atoms with E-state index < -0.39 is 0 Å². The molecule has 0 aliphatic heterocycles. The number of hydrogen-bond donors (Lipinski definition) is 0. The van der Waals surface area contributed by atoms with Gasteiger partial charge in [-0.15, -0.1) is 0 Å². The van der Waals surface area contributed by atoms with Gasteiger partial charge in [-0.3, -0.25) is 9.98 Å². The molecule has 1 aliphatic rings. The molecule has 0 aromatic heterocycles. The molecule has 1 saturated carbocycles. The summed E-state index contributed by atoms with van der Waals surface area (Å²) in [6.45, 7) is 9.55. The summed E-state index contributed by atoms with van der Waals surface area (Å²) in [6.07, 6.45) is 6.63. The summed E-state index contributed by atoms with van der Waals surface area (Å²) in [4.78, 5) is 8.41. The van der Waals surface area contributed by atoms with Crippen molar-refractivity contribution >= 4 is 12.9 Å². The molecule has 0 aromatic rings. The normalized spacial score (nSPS) is 27.9. The zero-order valence-electron chi connectivity index (χ0n) is 9.16. The Bertz CT molecular complexity index is 144. The highest BCUT2D eigenvalue weighted by atomic mass is 14.8. The molecule has 2 heteroatoms. The Balaban J connectivity index is 0.000000671. The van der Waals surface area contributed by atoms with Gasteiger partial charge in [-0.05, 0) is 45.5 Å². The summed E-state index contributed by atoms with van der Waals surface area (Å²) < 4.78 is 0. The topological polar surface area (TPSA) is 24.7 Å². The molecule has 13 heavy (non-hydrogen) atoms. The van der Waals surface area contributed by atoms with E-state index in [0.717, 1.165) is 0 Å². The van der Waals surface area contributed by atoms with Crippen molar-refractivity contribution in [2.75, 3.05) is 0 Å². The highest BCUT2D eigenvalue weighted by Gasteiger charge is 2.18. The minimum Gasteiger partial charge on any atom is -0.298 e. The Morgan fingerprint density at radius 1 is 1.08 bits per heavy atom. The van der Waals surface area contributed by atoms with E-state index in [9.17, 15) is 0 Å². The Hall–Kier alpha value is -0.660. The van der Waals surface area contributed by atoms with Gasteiger partial charge < -0.3 is 0 Å². The van der Waals surface area contributed by atoms with Crippen molar-refractivity contribution in [1.29, 1.82) is 0 Å². The molecular formula is C11H22N2. The molecule has 0 saturated heterocycles. The molecule has 0 aromatic carbocycles. The van der Waals surface area contributed by atoms with Crippen LogP contribution < -0.4 is 0 Å². The monoisotopic (exact) mass is 182 g/mol. The summed E-state index contributed by atoms with van der Waals surface area (Å²) in [5.74, 6) is 0. The molecular weight excluding hydrogens is 160 g/mol. The first-order chi connectivity index (χ1) is 6.36. The molecule has 76 valence electrons. The molecule has 0 unspecified atom stereocenters. The van der Waals surface area contributed by atoms with Crippen LogP contribution in [0.5, 0.6) is 0 Å². The second kappa shape index (κ2) is 7.96. The van der Waals surface area contributed by atoms with E-state index in [2.05, 4.69) is 16.7 Å². The molecule has 1 fully saturated rings. The molecule has 0 spiro atoms. The van der Waals surface area contributed by atoms with E-state index in [1.54, 1.807) is 0 Å². The maximum atomic E-state index is 4.37. The first kappa shape index (κ1) is 12.3. The van der Waals surface area contributed by atoms with Crippen LogP contribution in [0.2, 0.25) is 0 Å². The zero-order chi connectivity index (χ0) is 10.1. The van der Waals surface area contributed by atoms with E-state index in [4.69, 9.17) is 0 Å². The van der Waals surface area contributed by atoms with E-state index in [0.29, 0.717) is 12.1 Å². The van der Waals surface area contributed by atoms with Gasteiger partial charge in [0.1, 0.15) is 0 Å². The van der Waals surface area contributed by atoms with Gasteiger partial charge in [0, 0.05) is 12.1 Å². The predicted molar refractivity (Wildman–Crippen MR) is 61.1 cm³/mol. The van der Waals surface area contributed by atoms with Crippen molar-refractivity contribution in [2.24, 2.45) is 9.98 Å². The minimum atomic E-state index is 0.512. The highest BCUT2D eigenvalue weighted by Crippen LogP contribution is 2.22. The van der Waals surface area contributed by atoms with Crippen molar-refractivity contribution < 1.29 is 0 Å². The standard InChI is InChI=1S/C9H16N2.C2H6/c1-3-11-9-6-4-8(10-2)5-7-9;1-2/h3,8-9H,2,4-7H2,1H3;1-2H3. The fourth-order valence-corrected chi connectivity index (χ4v) is 1.60. The van der Waals surface area contributed by atoms with Crippen molar-refractivity contribution in [3.63, 3.8) is 0 Å². The van der Waals surface area contributed by atoms with Gasteiger partial charge in [0.25, 0.3) is 0 Å². The summed E-state index contributed by atoms with van der Waals surface area (Å²) in [7, 11) is 0. The summed E-state index contributed by atoms with van der Waals surface area (Å²) >= 11 is 0. The van der Waals surface area contributed by atoms with Gasteiger partial charge in [-0.1, -0.05) is 13.8 Å². The fraction of sp³-hybridized carbons (Fsp3) is 0.818. The van der Waals surface area contributed by atoms with Gasteiger partial charge in [0.2, 0.25) is 0 Å². The maximum Gasteiger partial charge on any atom is 0.0497 e. The summed E-state index contributed by atoms with van der Waals surface area (Å²) in [5.41, 5.74) is 0. The number of nitrogens with zero attached hydrogens (tertiary/aromatic N) is 2. The lowest BCUT2D eigenvalue weighted by molar-refractivity contribution is 0.400. The average Bonchev–Trinajstić information content (AvgIpc) is 2.23. The molecule has 1 rings (SSSR count). The SMILES string of the molecule is C=NC1CCC(N=CC)CC1.CC. The molecule has 2 nitrogen and oxygen atoms in total. The Kier molecular flexibility index (Phi) is 7.56. The van der Waals surface area contributed by atoms with Gasteiger partial charge in [-0.2, -0.15) is 0 Å². The van der Waals surface area contributed by atoms with Crippen LogP contribution in [0.3, 0.4) is 0 Å². The number of hydrogen-bond acceptors (Lipinski definition) is 2. The lowest BCUT2D eigenvalue weighted by atomic mass is 9.92. The minimum absolute atomic E-state index is 0.512. The average molecular weight is 182 g/mol. The van der Waals surface area contributed by atoms with Crippen LogP contribution >= 0.6 is 0 Å². The van der Waals surface area contributed by atoms with Crippen LogP contribution in [0.15, 0.2) is 9.98 Å². The molecule has 1 aliphatic carbocycles. The third kappa shape index (κ3) is 4.81. The number of aliphatic imine (C=N–C) groups is 2. The summed E-state index contributed by atoms with van der Waals surface area (Å²) in [5, 5.41) is 0. The summed E-state index contributed by atoms with van der Waals surface area (Å²) in [6, 6.07) is 1.08.